The molecule has 0 amide bonds. The van der Waals surface area contributed by atoms with Crippen molar-refractivity contribution in [1.29, 1.82) is 0 Å². The summed E-state index contributed by atoms with van der Waals surface area (Å²) >= 11 is 0. The Labute approximate surface area is 144 Å². The quantitative estimate of drug-likeness (QED) is 0.626. The number of benzene rings is 2. The van der Waals surface area contributed by atoms with Crippen LogP contribution in [0.25, 0.3) is 22.4 Å². The highest BCUT2D eigenvalue weighted by atomic mass is 16.5. The third-order valence-corrected chi connectivity index (χ3v) is 5.02. The van der Waals surface area contributed by atoms with E-state index in [2.05, 4.69) is 45.0 Å². The van der Waals surface area contributed by atoms with Gasteiger partial charge in [-0.3, -0.25) is 0 Å². The third kappa shape index (κ3) is 2.04. The molecule has 2 radical (unpaired) electrons. The molecule has 0 N–H and O–H groups in total. The lowest BCUT2D eigenvalue weighted by Gasteiger charge is -2.40. The van der Waals surface area contributed by atoms with Gasteiger partial charge in [-0.15, -0.1) is 0 Å². The Morgan fingerprint density at radius 1 is 0.958 bits per heavy atom. The number of hydrogen-bond donors (Lipinski definition) is 0. The van der Waals surface area contributed by atoms with Crippen molar-refractivity contribution in [3.8, 4) is 5.75 Å². The van der Waals surface area contributed by atoms with Crippen LogP contribution in [0.2, 0.25) is 0 Å². The van der Waals surface area contributed by atoms with Gasteiger partial charge in [-0.25, -0.2) is 0 Å². The number of ether oxygens (including phenoxy) is 2. The average molecular weight is 316 g/mol. The summed E-state index contributed by atoms with van der Waals surface area (Å²) in [5.74, 6) is 1.82. The predicted octanol–water partition coefficient (Wildman–Crippen LogP) is 5.15. The number of rotatable bonds is 0. The SMILES string of the molecule is [B]C1(C)C=Cc2c3c(c4ccccc4c2O1)C(C)=C(C)OC3(C)C. The molecule has 0 spiro atoms. The third-order valence-electron chi connectivity index (χ3n) is 5.02. The van der Waals surface area contributed by atoms with Crippen molar-refractivity contribution < 1.29 is 9.47 Å². The Morgan fingerprint density at radius 2 is 1.62 bits per heavy atom. The van der Waals surface area contributed by atoms with E-state index in [-0.39, 0.29) is 0 Å². The molecule has 120 valence electrons. The molecule has 0 aromatic heterocycles. The van der Waals surface area contributed by atoms with Crippen LogP contribution in [0.3, 0.4) is 0 Å². The Balaban J connectivity index is 2.22. The van der Waals surface area contributed by atoms with Crippen molar-refractivity contribution in [2.75, 3.05) is 0 Å². The van der Waals surface area contributed by atoms with Gasteiger partial charge in [0, 0.05) is 16.5 Å². The normalized spacial score (nSPS) is 24.2. The lowest BCUT2D eigenvalue weighted by molar-refractivity contribution is 0.0290. The largest absolute Gasteiger partial charge is 0.492 e. The Hall–Kier alpha value is -2.16. The molecule has 2 aliphatic heterocycles. The van der Waals surface area contributed by atoms with Gasteiger partial charge in [-0.2, -0.15) is 0 Å². The second kappa shape index (κ2) is 4.69. The second-order valence-electron chi connectivity index (χ2n) is 7.45. The molecule has 2 aromatic carbocycles. The monoisotopic (exact) mass is 316 g/mol. The molecule has 0 aliphatic carbocycles. The van der Waals surface area contributed by atoms with Gasteiger partial charge in [-0.1, -0.05) is 36.4 Å². The van der Waals surface area contributed by atoms with Crippen molar-refractivity contribution in [3.63, 3.8) is 0 Å². The molecule has 0 bridgehead atoms. The number of fused-ring (bicyclic) bond motifs is 6. The molecular weight excluding hydrogens is 295 g/mol. The maximum Gasteiger partial charge on any atom is 0.137 e. The van der Waals surface area contributed by atoms with E-state index < -0.39 is 11.1 Å². The zero-order valence-electron chi connectivity index (χ0n) is 14.9. The maximum absolute atomic E-state index is 6.24. The standard InChI is InChI=1S/C21H21BO2/c1-12-13(2)23-20(3,4)18-16-10-11-21(5,22)24-19(16)15-9-7-6-8-14(15)17(12)18/h6-11H,1-5H3. The van der Waals surface area contributed by atoms with Crippen LogP contribution >= 0.6 is 0 Å². The first-order valence-electron chi connectivity index (χ1n) is 8.34. The minimum absolute atomic E-state index is 0.427. The first kappa shape index (κ1) is 15.4. The summed E-state index contributed by atoms with van der Waals surface area (Å²) in [5.41, 5.74) is 3.45. The van der Waals surface area contributed by atoms with Crippen LogP contribution in [0, 0.1) is 0 Å². The van der Waals surface area contributed by atoms with Crippen LogP contribution < -0.4 is 4.74 Å². The Kier molecular flexibility index (Phi) is 3.00. The molecule has 2 nitrogen and oxygen atoms in total. The minimum atomic E-state index is -0.801. The van der Waals surface area contributed by atoms with E-state index >= 15 is 0 Å². The topological polar surface area (TPSA) is 18.5 Å². The van der Waals surface area contributed by atoms with E-state index in [1.54, 1.807) is 0 Å². The summed E-state index contributed by atoms with van der Waals surface area (Å²) in [6.45, 7) is 10.3. The van der Waals surface area contributed by atoms with Crippen molar-refractivity contribution >= 4 is 30.3 Å². The van der Waals surface area contributed by atoms with Gasteiger partial charge in [0.25, 0.3) is 0 Å². The van der Waals surface area contributed by atoms with E-state index in [4.69, 9.17) is 17.3 Å². The number of hydrogen-bond acceptors (Lipinski definition) is 2. The zero-order chi connectivity index (χ0) is 17.3. The van der Waals surface area contributed by atoms with Crippen LogP contribution in [0.5, 0.6) is 5.75 Å². The van der Waals surface area contributed by atoms with Crippen LogP contribution in [-0.2, 0) is 10.3 Å². The van der Waals surface area contributed by atoms with Gasteiger partial charge < -0.3 is 9.47 Å². The van der Waals surface area contributed by atoms with Crippen molar-refractivity contribution in [2.24, 2.45) is 0 Å². The smallest absolute Gasteiger partial charge is 0.137 e. The van der Waals surface area contributed by atoms with E-state index in [1.807, 2.05) is 26.0 Å². The maximum atomic E-state index is 6.24. The van der Waals surface area contributed by atoms with Crippen molar-refractivity contribution in [2.45, 2.75) is 45.7 Å². The molecule has 24 heavy (non-hydrogen) atoms. The molecule has 1 atom stereocenters. The minimum Gasteiger partial charge on any atom is -0.492 e. The second-order valence-corrected chi connectivity index (χ2v) is 7.45. The molecular formula is C21H21BO2. The highest BCUT2D eigenvalue weighted by Gasteiger charge is 2.38. The fraction of sp³-hybridized carbons (Fsp3) is 0.333. The lowest BCUT2D eigenvalue weighted by Crippen LogP contribution is -2.34. The summed E-state index contributed by atoms with van der Waals surface area (Å²) in [7, 11) is 6.23. The zero-order valence-corrected chi connectivity index (χ0v) is 14.9. The van der Waals surface area contributed by atoms with Crippen LogP contribution in [0.15, 0.2) is 36.1 Å². The summed E-state index contributed by atoms with van der Waals surface area (Å²) in [6.07, 6.45) is 4.00. The summed E-state index contributed by atoms with van der Waals surface area (Å²) in [4.78, 5) is 0. The van der Waals surface area contributed by atoms with Crippen LogP contribution in [0.4, 0.5) is 0 Å². The molecule has 0 saturated heterocycles. The predicted molar refractivity (Wildman–Crippen MR) is 100 cm³/mol. The van der Waals surface area contributed by atoms with Crippen LogP contribution in [-0.4, -0.2) is 13.3 Å². The molecule has 2 heterocycles. The van der Waals surface area contributed by atoms with Gasteiger partial charge in [0.1, 0.15) is 19.2 Å². The van der Waals surface area contributed by atoms with Gasteiger partial charge >= 0.3 is 0 Å². The molecule has 4 rings (SSSR count). The highest BCUT2D eigenvalue weighted by molar-refractivity contribution is 6.17. The van der Waals surface area contributed by atoms with Gasteiger partial charge in [-0.05, 0) is 51.1 Å². The summed E-state index contributed by atoms with van der Waals surface area (Å²) in [6, 6.07) is 8.37. The fourth-order valence-electron chi connectivity index (χ4n) is 3.90. The fourth-order valence-corrected chi connectivity index (χ4v) is 3.90. The summed E-state index contributed by atoms with van der Waals surface area (Å²) in [5, 5.41) is 2.28. The lowest BCUT2D eigenvalue weighted by atomic mass is 9.76. The molecule has 0 fully saturated rings. The molecule has 0 saturated carbocycles. The summed E-state index contributed by atoms with van der Waals surface area (Å²) < 4.78 is 12.4. The average Bonchev–Trinajstić information content (AvgIpc) is 2.50. The van der Waals surface area contributed by atoms with Crippen molar-refractivity contribution in [3.05, 3.63) is 52.8 Å². The Bertz CT molecular complexity index is 932. The number of allylic oxidation sites excluding steroid dienone is 2. The highest BCUT2D eigenvalue weighted by Crippen LogP contribution is 2.50. The molecule has 2 aliphatic rings. The first-order chi connectivity index (χ1) is 11.2. The Morgan fingerprint density at radius 3 is 2.33 bits per heavy atom. The van der Waals surface area contributed by atoms with E-state index in [1.165, 1.54) is 22.1 Å². The first-order valence-corrected chi connectivity index (χ1v) is 8.34. The van der Waals surface area contributed by atoms with E-state index in [9.17, 15) is 0 Å². The van der Waals surface area contributed by atoms with E-state index in [0.29, 0.717) is 0 Å². The van der Waals surface area contributed by atoms with Gasteiger partial charge in [0.05, 0.1) is 11.3 Å². The van der Waals surface area contributed by atoms with Crippen molar-refractivity contribution in [1.82, 2.24) is 0 Å². The molecule has 3 heteroatoms. The van der Waals surface area contributed by atoms with Gasteiger partial charge in [0.2, 0.25) is 0 Å². The van der Waals surface area contributed by atoms with E-state index in [0.717, 1.165) is 22.5 Å². The molecule has 1 unspecified atom stereocenters. The molecule has 2 aromatic rings. The van der Waals surface area contributed by atoms with Crippen LogP contribution in [0.1, 0.15) is 51.3 Å². The van der Waals surface area contributed by atoms with Gasteiger partial charge in [0.15, 0.2) is 0 Å².